The van der Waals surface area contributed by atoms with Gasteiger partial charge in [0.15, 0.2) is 21.0 Å². The largest absolute Gasteiger partial charge is 0.494 e. The summed E-state index contributed by atoms with van der Waals surface area (Å²) in [6, 6.07) is 13.4. The van der Waals surface area contributed by atoms with Gasteiger partial charge >= 0.3 is 0 Å². The van der Waals surface area contributed by atoms with Crippen molar-refractivity contribution in [3.63, 3.8) is 0 Å². The van der Waals surface area contributed by atoms with Crippen LogP contribution >= 0.6 is 0 Å². The molecule has 1 aromatic heterocycles. The SMILES string of the molecule is CCOc1ccc(CN(C(=O)c2cc(=O)c3cc(CC)ccc3o2)C2CCS(=O)(=O)C2)cc1. The molecule has 1 aliphatic rings. The Kier molecular flexibility index (Phi) is 6.56. The van der Waals surface area contributed by atoms with Gasteiger partial charge in [-0.3, -0.25) is 9.59 Å². The monoisotopic (exact) mass is 469 g/mol. The lowest BCUT2D eigenvalue weighted by Gasteiger charge is -2.28. The van der Waals surface area contributed by atoms with Crippen molar-refractivity contribution in [3.8, 4) is 5.75 Å². The number of carbonyl (C=O) groups is 1. The molecule has 0 saturated carbocycles. The number of aryl methyl sites for hydroxylation is 1. The summed E-state index contributed by atoms with van der Waals surface area (Å²) in [6.07, 6.45) is 1.13. The molecular formula is C25H27NO6S. The van der Waals surface area contributed by atoms with Crippen LogP contribution in [0.15, 0.2) is 57.7 Å². The van der Waals surface area contributed by atoms with Crippen molar-refractivity contribution in [2.24, 2.45) is 0 Å². The summed E-state index contributed by atoms with van der Waals surface area (Å²) in [6.45, 7) is 4.64. The van der Waals surface area contributed by atoms with Gasteiger partial charge in [-0.2, -0.15) is 0 Å². The van der Waals surface area contributed by atoms with Gasteiger partial charge in [-0.15, -0.1) is 0 Å². The molecule has 3 aromatic rings. The summed E-state index contributed by atoms with van der Waals surface area (Å²) >= 11 is 0. The Hall–Kier alpha value is -3.13. The molecule has 0 N–H and O–H groups in total. The van der Waals surface area contributed by atoms with E-state index in [9.17, 15) is 18.0 Å². The summed E-state index contributed by atoms with van der Waals surface area (Å²) < 4.78 is 35.6. The van der Waals surface area contributed by atoms with Gasteiger partial charge in [0.1, 0.15) is 11.3 Å². The number of benzene rings is 2. The van der Waals surface area contributed by atoms with E-state index in [1.807, 2.05) is 44.2 Å². The van der Waals surface area contributed by atoms with E-state index < -0.39 is 21.8 Å². The van der Waals surface area contributed by atoms with Crippen molar-refractivity contribution in [2.45, 2.75) is 39.3 Å². The van der Waals surface area contributed by atoms with Gasteiger partial charge in [0.05, 0.1) is 23.5 Å². The van der Waals surface area contributed by atoms with Gasteiger partial charge in [-0.1, -0.05) is 25.1 Å². The third-order valence-electron chi connectivity index (χ3n) is 5.91. The number of nitrogens with zero attached hydrogens (tertiary/aromatic N) is 1. The van der Waals surface area contributed by atoms with Crippen molar-refractivity contribution >= 4 is 26.7 Å². The first-order chi connectivity index (χ1) is 15.8. The smallest absolute Gasteiger partial charge is 0.290 e. The van der Waals surface area contributed by atoms with E-state index in [1.54, 1.807) is 12.1 Å². The Morgan fingerprint density at radius 2 is 1.82 bits per heavy atom. The second kappa shape index (κ2) is 9.39. The number of sulfone groups is 1. The van der Waals surface area contributed by atoms with E-state index in [1.165, 1.54) is 11.0 Å². The standard InChI is InChI=1S/C25H27NO6S/c1-3-17-7-10-23-21(13-17)22(27)14-24(32-23)25(28)26(19-11-12-33(29,30)16-19)15-18-5-8-20(9-6-18)31-4-2/h5-10,13-14,19H,3-4,11-12,15-16H2,1-2H3. The summed E-state index contributed by atoms with van der Waals surface area (Å²) in [5.41, 5.74) is 1.87. The minimum Gasteiger partial charge on any atom is -0.494 e. The zero-order valence-electron chi connectivity index (χ0n) is 18.7. The van der Waals surface area contributed by atoms with E-state index in [4.69, 9.17) is 9.15 Å². The zero-order chi connectivity index (χ0) is 23.6. The van der Waals surface area contributed by atoms with Crippen molar-refractivity contribution in [2.75, 3.05) is 18.1 Å². The molecule has 1 amide bonds. The van der Waals surface area contributed by atoms with Crippen LogP contribution in [0.3, 0.4) is 0 Å². The van der Waals surface area contributed by atoms with Gasteiger partial charge in [0.25, 0.3) is 5.91 Å². The first-order valence-corrected chi connectivity index (χ1v) is 12.9. The fourth-order valence-corrected chi connectivity index (χ4v) is 5.84. The minimum atomic E-state index is -3.22. The molecule has 7 nitrogen and oxygen atoms in total. The highest BCUT2D eigenvalue weighted by Gasteiger charge is 2.36. The third-order valence-corrected chi connectivity index (χ3v) is 7.66. The highest BCUT2D eigenvalue weighted by Crippen LogP contribution is 2.24. The second-order valence-corrected chi connectivity index (χ2v) is 10.5. The molecule has 2 aromatic carbocycles. The molecule has 174 valence electrons. The summed E-state index contributed by atoms with van der Waals surface area (Å²) in [5.74, 6) is 0.0608. The van der Waals surface area contributed by atoms with E-state index in [2.05, 4.69) is 0 Å². The molecular weight excluding hydrogens is 442 g/mol. The van der Waals surface area contributed by atoms with Crippen molar-refractivity contribution in [3.05, 3.63) is 75.6 Å². The molecule has 0 spiro atoms. The quantitative estimate of drug-likeness (QED) is 0.525. The summed E-state index contributed by atoms with van der Waals surface area (Å²) in [5, 5.41) is 0.424. The number of hydrogen-bond acceptors (Lipinski definition) is 6. The van der Waals surface area contributed by atoms with Crippen molar-refractivity contribution < 1.29 is 22.4 Å². The first kappa shape index (κ1) is 23.0. The van der Waals surface area contributed by atoms with Gasteiger partial charge in [0.2, 0.25) is 0 Å². The van der Waals surface area contributed by atoms with Crippen LogP contribution in [0.25, 0.3) is 11.0 Å². The topological polar surface area (TPSA) is 93.9 Å². The number of amides is 1. The zero-order valence-corrected chi connectivity index (χ0v) is 19.6. The molecule has 2 heterocycles. The normalized spacial score (nSPS) is 17.2. The Balaban J connectivity index is 1.69. The summed E-state index contributed by atoms with van der Waals surface area (Å²) in [4.78, 5) is 27.8. The van der Waals surface area contributed by atoms with E-state index in [0.29, 0.717) is 24.0 Å². The Morgan fingerprint density at radius 3 is 2.45 bits per heavy atom. The van der Waals surface area contributed by atoms with Gasteiger partial charge in [-0.25, -0.2) is 8.42 Å². The number of rotatable bonds is 7. The number of fused-ring (bicyclic) bond motifs is 1. The molecule has 0 aliphatic carbocycles. The lowest BCUT2D eigenvalue weighted by Crippen LogP contribution is -2.40. The molecule has 1 fully saturated rings. The van der Waals surface area contributed by atoms with Gasteiger partial charge < -0.3 is 14.1 Å². The third kappa shape index (κ3) is 5.11. The fourth-order valence-electron chi connectivity index (χ4n) is 4.11. The predicted molar refractivity (Wildman–Crippen MR) is 126 cm³/mol. The molecule has 33 heavy (non-hydrogen) atoms. The van der Waals surface area contributed by atoms with Crippen LogP contribution in [0.4, 0.5) is 0 Å². The second-order valence-electron chi connectivity index (χ2n) is 8.23. The molecule has 1 saturated heterocycles. The molecule has 1 atom stereocenters. The van der Waals surface area contributed by atoms with Crippen molar-refractivity contribution in [1.29, 1.82) is 0 Å². The maximum absolute atomic E-state index is 13.5. The molecule has 8 heteroatoms. The van der Waals surface area contributed by atoms with Crippen LogP contribution in [0.2, 0.25) is 0 Å². The Labute approximate surface area is 192 Å². The van der Waals surface area contributed by atoms with Crippen LogP contribution in [0.5, 0.6) is 5.75 Å². The van der Waals surface area contributed by atoms with Crippen LogP contribution in [0, 0.1) is 0 Å². The summed E-state index contributed by atoms with van der Waals surface area (Å²) in [7, 11) is -3.22. The Morgan fingerprint density at radius 1 is 1.09 bits per heavy atom. The lowest BCUT2D eigenvalue weighted by molar-refractivity contribution is 0.0648. The van der Waals surface area contributed by atoms with Crippen LogP contribution in [0.1, 0.15) is 41.9 Å². The van der Waals surface area contributed by atoms with Crippen LogP contribution < -0.4 is 10.2 Å². The highest BCUT2D eigenvalue weighted by atomic mass is 32.2. The lowest BCUT2D eigenvalue weighted by atomic mass is 10.1. The number of hydrogen-bond donors (Lipinski definition) is 0. The molecule has 4 rings (SSSR count). The predicted octanol–water partition coefficient (Wildman–Crippen LogP) is 3.58. The molecule has 0 bridgehead atoms. The fraction of sp³-hybridized carbons (Fsp3) is 0.360. The van der Waals surface area contributed by atoms with Gasteiger partial charge in [0, 0.05) is 18.7 Å². The number of ether oxygens (including phenoxy) is 1. The van der Waals surface area contributed by atoms with Crippen LogP contribution in [-0.2, 0) is 22.8 Å². The average Bonchev–Trinajstić information content (AvgIpc) is 3.17. The molecule has 1 aliphatic heterocycles. The Bertz CT molecular complexity index is 1330. The highest BCUT2D eigenvalue weighted by molar-refractivity contribution is 7.91. The number of carbonyl (C=O) groups excluding carboxylic acids is 1. The maximum Gasteiger partial charge on any atom is 0.290 e. The van der Waals surface area contributed by atoms with Gasteiger partial charge in [-0.05, 0) is 55.2 Å². The van der Waals surface area contributed by atoms with E-state index in [0.717, 1.165) is 23.3 Å². The molecule has 1 unspecified atom stereocenters. The minimum absolute atomic E-state index is 0.0339. The molecule has 0 radical (unpaired) electrons. The first-order valence-electron chi connectivity index (χ1n) is 11.1. The average molecular weight is 470 g/mol. The maximum atomic E-state index is 13.5. The van der Waals surface area contributed by atoms with Crippen molar-refractivity contribution in [1.82, 2.24) is 4.90 Å². The van der Waals surface area contributed by atoms with Crippen LogP contribution in [-0.4, -0.2) is 43.4 Å². The van der Waals surface area contributed by atoms with E-state index >= 15 is 0 Å². The van der Waals surface area contributed by atoms with E-state index in [-0.39, 0.29) is 29.2 Å².